The SMILES string of the molecule is N#Cc1ccccc1OCCCOCc1ccccc1Cl. The Labute approximate surface area is 129 Å². The Hall–Kier alpha value is -2.02. The normalized spacial score (nSPS) is 10.1. The van der Waals surface area contributed by atoms with Gasteiger partial charge in [-0.15, -0.1) is 0 Å². The Bertz CT molecular complexity index is 622. The van der Waals surface area contributed by atoms with Gasteiger partial charge >= 0.3 is 0 Å². The molecule has 0 heterocycles. The quantitative estimate of drug-likeness (QED) is 0.720. The number of nitriles is 1. The van der Waals surface area contributed by atoms with Crippen molar-refractivity contribution in [2.75, 3.05) is 13.2 Å². The third kappa shape index (κ3) is 4.78. The molecule has 0 unspecified atom stereocenters. The first-order chi connectivity index (χ1) is 10.3. The third-order valence-electron chi connectivity index (χ3n) is 2.91. The number of hydrogen-bond donors (Lipinski definition) is 0. The van der Waals surface area contributed by atoms with Gasteiger partial charge in [-0.05, 0) is 23.8 Å². The van der Waals surface area contributed by atoms with Crippen molar-refractivity contribution in [3.8, 4) is 11.8 Å². The summed E-state index contributed by atoms with van der Waals surface area (Å²) in [6.07, 6.45) is 0.754. The zero-order chi connectivity index (χ0) is 14.9. The largest absolute Gasteiger partial charge is 0.492 e. The van der Waals surface area contributed by atoms with E-state index in [2.05, 4.69) is 6.07 Å². The van der Waals surface area contributed by atoms with E-state index in [9.17, 15) is 0 Å². The highest BCUT2D eigenvalue weighted by atomic mass is 35.5. The number of para-hydroxylation sites is 1. The molecule has 0 spiro atoms. The van der Waals surface area contributed by atoms with Crippen LogP contribution in [0.5, 0.6) is 5.75 Å². The average Bonchev–Trinajstić information content (AvgIpc) is 2.52. The van der Waals surface area contributed by atoms with Gasteiger partial charge in [-0.25, -0.2) is 0 Å². The standard InChI is InChI=1S/C17H16ClNO2/c18-16-8-3-1-7-15(16)13-20-10-5-11-21-17-9-4-2-6-14(17)12-19/h1-4,6-9H,5,10-11,13H2. The van der Waals surface area contributed by atoms with Crippen LogP contribution in [0.3, 0.4) is 0 Å². The summed E-state index contributed by atoms with van der Waals surface area (Å²) in [4.78, 5) is 0. The van der Waals surface area contributed by atoms with Gasteiger partial charge in [-0.2, -0.15) is 5.26 Å². The maximum atomic E-state index is 8.94. The maximum absolute atomic E-state index is 8.94. The first kappa shape index (κ1) is 15.4. The van der Waals surface area contributed by atoms with Crippen LogP contribution in [-0.2, 0) is 11.3 Å². The van der Waals surface area contributed by atoms with Gasteiger partial charge in [0.2, 0.25) is 0 Å². The van der Waals surface area contributed by atoms with Crippen molar-refractivity contribution in [3.63, 3.8) is 0 Å². The molecule has 21 heavy (non-hydrogen) atoms. The lowest BCUT2D eigenvalue weighted by molar-refractivity contribution is 0.107. The molecule has 2 aromatic rings. The predicted octanol–water partition coefficient (Wildman–Crippen LogP) is 4.20. The fourth-order valence-electron chi connectivity index (χ4n) is 1.83. The molecule has 0 bridgehead atoms. The minimum atomic E-state index is 0.494. The van der Waals surface area contributed by atoms with E-state index in [4.69, 9.17) is 26.3 Å². The Kier molecular flexibility index (Phi) is 6.08. The van der Waals surface area contributed by atoms with E-state index in [1.807, 2.05) is 36.4 Å². The molecular weight excluding hydrogens is 286 g/mol. The monoisotopic (exact) mass is 301 g/mol. The van der Waals surface area contributed by atoms with Crippen LogP contribution in [0.4, 0.5) is 0 Å². The molecule has 0 aromatic heterocycles. The molecule has 0 fully saturated rings. The molecular formula is C17H16ClNO2. The molecule has 2 aromatic carbocycles. The van der Waals surface area contributed by atoms with Gasteiger partial charge in [0.1, 0.15) is 11.8 Å². The van der Waals surface area contributed by atoms with Crippen LogP contribution in [0.25, 0.3) is 0 Å². The van der Waals surface area contributed by atoms with E-state index in [-0.39, 0.29) is 0 Å². The van der Waals surface area contributed by atoms with Crippen molar-refractivity contribution in [1.82, 2.24) is 0 Å². The molecule has 0 radical (unpaired) electrons. The van der Waals surface area contributed by atoms with Crippen LogP contribution in [0.15, 0.2) is 48.5 Å². The van der Waals surface area contributed by atoms with Crippen molar-refractivity contribution < 1.29 is 9.47 Å². The number of rotatable bonds is 7. The molecule has 0 aliphatic rings. The second-order valence-corrected chi connectivity index (χ2v) is 4.86. The molecule has 0 N–H and O–H groups in total. The van der Waals surface area contributed by atoms with Gasteiger partial charge in [0.25, 0.3) is 0 Å². The summed E-state index contributed by atoms with van der Waals surface area (Å²) in [6.45, 7) is 1.59. The van der Waals surface area contributed by atoms with Crippen LogP contribution >= 0.6 is 11.6 Å². The summed E-state index contributed by atoms with van der Waals surface area (Å²) in [5, 5.41) is 9.66. The van der Waals surface area contributed by atoms with Gasteiger partial charge in [0, 0.05) is 11.4 Å². The molecule has 0 amide bonds. The van der Waals surface area contributed by atoms with E-state index in [1.54, 1.807) is 12.1 Å². The van der Waals surface area contributed by atoms with E-state index >= 15 is 0 Å². The Morgan fingerprint density at radius 3 is 2.57 bits per heavy atom. The highest BCUT2D eigenvalue weighted by Gasteiger charge is 2.02. The lowest BCUT2D eigenvalue weighted by atomic mass is 10.2. The summed E-state index contributed by atoms with van der Waals surface area (Å²) < 4.78 is 11.1. The number of halogens is 1. The average molecular weight is 302 g/mol. The zero-order valence-electron chi connectivity index (χ0n) is 11.6. The second-order valence-electron chi connectivity index (χ2n) is 4.45. The molecule has 0 saturated carbocycles. The van der Waals surface area contributed by atoms with Crippen molar-refractivity contribution in [2.45, 2.75) is 13.0 Å². The summed E-state index contributed by atoms with van der Waals surface area (Å²) in [7, 11) is 0. The highest BCUT2D eigenvalue weighted by Crippen LogP contribution is 2.17. The van der Waals surface area contributed by atoms with Crippen LogP contribution < -0.4 is 4.74 Å². The fourth-order valence-corrected chi connectivity index (χ4v) is 2.02. The van der Waals surface area contributed by atoms with Crippen LogP contribution in [-0.4, -0.2) is 13.2 Å². The number of hydrogen-bond acceptors (Lipinski definition) is 3. The van der Waals surface area contributed by atoms with Gasteiger partial charge < -0.3 is 9.47 Å². The topological polar surface area (TPSA) is 42.2 Å². The predicted molar refractivity (Wildman–Crippen MR) is 82.4 cm³/mol. The Balaban J connectivity index is 1.67. The van der Waals surface area contributed by atoms with Crippen molar-refractivity contribution in [3.05, 3.63) is 64.7 Å². The Morgan fingerprint density at radius 1 is 1.00 bits per heavy atom. The molecule has 0 aliphatic heterocycles. The van der Waals surface area contributed by atoms with Gasteiger partial charge in [-0.1, -0.05) is 41.9 Å². The first-order valence-corrected chi connectivity index (χ1v) is 7.12. The summed E-state index contributed by atoms with van der Waals surface area (Å²) in [6, 6.07) is 16.9. The van der Waals surface area contributed by atoms with E-state index in [1.165, 1.54) is 0 Å². The number of nitrogens with zero attached hydrogens (tertiary/aromatic N) is 1. The molecule has 4 heteroatoms. The van der Waals surface area contributed by atoms with Gasteiger partial charge in [-0.3, -0.25) is 0 Å². The molecule has 0 aliphatic carbocycles. The van der Waals surface area contributed by atoms with E-state index < -0.39 is 0 Å². The van der Waals surface area contributed by atoms with Gasteiger partial charge in [0.05, 0.1) is 25.4 Å². The lowest BCUT2D eigenvalue weighted by Crippen LogP contribution is -2.04. The maximum Gasteiger partial charge on any atom is 0.137 e. The van der Waals surface area contributed by atoms with Crippen molar-refractivity contribution in [1.29, 1.82) is 5.26 Å². The highest BCUT2D eigenvalue weighted by molar-refractivity contribution is 6.31. The number of ether oxygens (including phenoxy) is 2. The minimum absolute atomic E-state index is 0.494. The molecule has 108 valence electrons. The minimum Gasteiger partial charge on any atom is -0.492 e. The smallest absolute Gasteiger partial charge is 0.137 e. The van der Waals surface area contributed by atoms with Crippen molar-refractivity contribution in [2.24, 2.45) is 0 Å². The fraction of sp³-hybridized carbons (Fsp3) is 0.235. The van der Waals surface area contributed by atoms with Gasteiger partial charge in [0.15, 0.2) is 0 Å². The second kappa shape index (κ2) is 8.31. The summed E-state index contributed by atoms with van der Waals surface area (Å²) in [5.41, 5.74) is 1.53. The number of benzene rings is 2. The molecule has 2 rings (SSSR count). The van der Waals surface area contributed by atoms with E-state index in [0.717, 1.165) is 17.0 Å². The first-order valence-electron chi connectivity index (χ1n) is 6.74. The van der Waals surface area contributed by atoms with Crippen molar-refractivity contribution >= 4 is 11.6 Å². The summed E-state index contributed by atoms with van der Waals surface area (Å²) >= 11 is 6.04. The molecule has 0 saturated heterocycles. The lowest BCUT2D eigenvalue weighted by Gasteiger charge is -2.08. The van der Waals surface area contributed by atoms with Crippen LogP contribution in [0.1, 0.15) is 17.5 Å². The van der Waals surface area contributed by atoms with E-state index in [0.29, 0.717) is 31.1 Å². The molecule has 0 atom stereocenters. The zero-order valence-corrected chi connectivity index (χ0v) is 12.3. The van der Waals surface area contributed by atoms with Crippen LogP contribution in [0.2, 0.25) is 5.02 Å². The third-order valence-corrected chi connectivity index (χ3v) is 3.28. The van der Waals surface area contributed by atoms with Crippen LogP contribution in [0, 0.1) is 11.3 Å². The molecule has 3 nitrogen and oxygen atoms in total. The summed E-state index contributed by atoms with van der Waals surface area (Å²) in [5.74, 6) is 0.617. The Morgan fingerprint density at radius 2 is 1.76 bits per heavy atom.